The molecular weight excluding hydrogens is 336 g/mol. The van der Waals surface area contributed by atoms with Crippen molar-refractivity contribution >= 4 is 18.3 Å². The number of hydrogen-bond donors (Lipinski definition) is 2. The van der Waals surface area contributed by atoms with Gasteiger partial charge in [0.25, 0.3) is 0 Å². The Morgan fingerprint density at radius 2 is 2.12 bits per heavy atom. The predicted molar refractivity (Wildman–Crippen MR) is 103 cm³/mol. The van der Waals surface area contributed by atoms with E-state index in [0.29, 0.717) is 11.3 Å². The third-order valence-corrected chi connectivity index (χ3v) is 5.85. The minimum absolute atomic E-state index is 0. The van der Waals surface area contributed by atoms with Gasteiger partial charge in [0.15, 0.2) is 0 Å². The van der Waals surface area contributed by atoms with Gasteiger partial charge < -0.3 is 10.6 Å². The summed E-state index contributed by atoms with van der Waals surface area (Å²) in [5.74, 6) is 1.16. The Morgan fingerprint density at radius 3 is 2.72 bits per heavy atom. The molecular formula is C19H33ClN4O. The number of aryl methyl sites for hydroxylation is 1. The van der Waals surface area contributed by atoms with E-state index in [4.69, 9.17) is 0 Å². The standard InChI is InChI=1S/C19H32N4O.ClH/c1-14(2)8-19(6-4-5-7-19)13-21-18(24)17-11-20-10-16(17)15-9-22-23(3)12-15;/h9,12,14,16-17,20H,4-8,10-11,13H2,1-3H3,(H,21,24);1H/t16-,17+;/m1./s1. The second kappa shape index (κ2) is 8.54. The Hall–Kier alpha value is -1.07. The number of aromatic nitrogens is 2. The van der Waals surface area contributed by atoms with Gasteiger partial charge in [0.05, 0.1) is 12.1 Å². The van der Waals surface area contributed by atoms with E-state index in [1.807, 2.05) is 24.1 Å². The lowest BCUT2D eigenvalue weighted by molar-refractivity contribution is -0.125. The van der Waals surface area contributed by atoms with Gasteiger partial charge in [0.2, 0.25) is 5.91 Å². The smallest absolute Gasteiger partial charge is 0.225 e. The Morgan fingerprint density at radius 1 is 1.40 bits per heavy atom. The van der Waals surface area contributed by atoms with Crippen LogP contribution >= 0.6 is 12.4 Å². The van der Waals surface area contributed by atoms with Gasteiger partial charge in [-0.2, -0.15) is 5.10 Å². The lowest BCUT2D eigenvalue weighted by Crippen LogP contribution is -2.41. The summed E-state index contributed by atoms with van der Waals surface area (Å²) in [6.07, 6.45) is 10.3. The molecule has 2 aliphatic rings. The average Bonchev–Trinajstić information content (AvgIpc) is 3.24. The molecule has 2 heterocycles. The minimum Gasteiger partial charge on any atom is -0.355 e. The second-order valence-corrected chi connectivity index (χ2v) is 8.34. The average molecular weight is 369 g/mol. The first-order valence-electron chi connectivity index (χ1n) is 9.46. The zero-order valence-corrected chi connectivity index (χ0v) is 16.6. The van der Waals surface area contributed by atoms with Gasteiger partial charge in [0.1, 0.15) is 0 Å². The minimum atomic E-state index is 0. The summed E-state index contributed by atoms with van der Waals surface area (Å²) in [4.78, 5) is 12.8. The highest BCUT2D eigenvalue weighted by Gasteiger charge is 2.38. The SMILES string of the molecule is CC(C)CC1(CNC(=O)[C@H]2CNC[C@@H]2c2cnn(C)c2)CCCC1.Cl. The molecule has 0 bridgehead atoms. The maximum atomic E-state index is 12.8. The van der Waals surface area contributed by atoms with E-state index in [1.54, 1.807) is 0 Å². The quantitative estimate of drug-likeness (QED) is 0.811. The highest BCUT2D eigenvalue weighted by atomic mass is 35.5. The van der Waals surface area contributed by atoms with Crippen LogP contribution in [0.3, 0.4) is 0 Å². The summed E-state index contributed by atoms with van der Waals surface area (Å²) in [5, 5.41) is 11.0. The molecule has 2 atom stereocenters. The van der Waals surface area contributed by atoms with Crippen LogP contribution in [-0.2, 0) is 11.8 Å². The van der Waals surface area contributed by atoms with Gasteiger partial charge in [-0.25, -0.2) is 0 Å². The molecule has 0 aromatic carbocycles. The molecule has 142 valence electrons. The van der Waals surface area contributed by atoms with Crippen molar-refractivity contribution in [2.24, 2.45) is 24.3 Å². The molecule has 2 fully saturated rings. The largest absolute Gasteiger partial charge is 0.355 e. The molecule has 0 spiro atoms. The third kappa shape index (κ3) is 4.76. The van der Waals surface area contributed by atoms with Crippen molar-refractivity contribution in [3.63, 3.8) is 0 Å². The Kier molecular flexibility index (Phi) is 6.92. The van der Waals surface area contributed by atoms with Gasteiger partial charge >= 0.3 is 0 Å². The van der Waals surface area contributed by atoms with E-state index in [0.717, 1.165) is 19.6 Å². The van der Waals surface area contributed by atoms with Crippen molar-refractivity contribution in [2.75, 3.05) is 19.6 Å². The number of nitrogens with one attached hydrogen (secondary N) is 2. The van der Waals surface area contributed by atoms with E-state index in [2.05, 4.69) is 29.6 Å². The van der Waals surface area contributed by atoms with Crippen molar-refractivity contribution in [3.8, 4) is 0 Å². The summed E-state index contributed by atoms with van der Waals surface area (Å²) >= 11 is 0. The van der Waals surface area contributed by atoms with E-state index in [1.165, 1.54) is 37.7 Å². The molecule has 1 aliphatic heterocycles. The van der Waals surface area contributed by atoms with E-state index < -0.39 is 0 Å². The van der Waals surface area contributed by atoms with E-state index in [-0.39, 0.29) is 30.2 Å². The molecule has 0 unspecified atom stereocenters. The van der Waals surface area contributed by atoms with Gasteiger partial charge in [0, 0.05) is 38.8 Å². The fourth-order valence-corrected chi connectivity index (χ4v) is 4.79. The maximum Gasteiger partial charge on any atom is 0.225 e. The molecule has 1 aromatic rings. The van der Waals surface area contributed by atoms with Crippen LogP contribution in [0, 0.1) is 17.3 Å². The summed E-state index contributed by atoms with van der Waals surface area (Å²) in [6.45, 7) is 7.06. The Labute approximate surface area is 157 Å². The number of nitrogens with zero attached hydrogens (tertiary/aromatic N) is 2. The summed E-state index contributed by atoms with van der Waals surface area (Å²) in [7, 11) is 1.93. The van der Waals surface area contributed by atoms with Crippen molar-refractivity contribution < 1.29 is 4.79 Å². The first-order valence-corrected chi connectivity index (χ1v) is 9.46. The Balaban J connectivity index is 0.00000225. The van der Waals surface area contributed by atoms with Crippen LogP contribution in [0.4, 0.5) is 0 Å². The van der Waals surface area contributed by atoms with Crippen molar-refractivity contribution in [3.05, 3.63) is 18.0 Å². The number of amides is 1. The monoisotopic (exact) mass is 368 g/mol. The number of halogens is 1. The highest BCUT2D eigenvalue weighted by molar-refractivity contribution is 5.85. The summed E-state index contributed by atoms with van der Waals surface area (Å²) < 4.78 is 1.82. The van der Waals surface area contributed by atoms with Crippen LogP contribution in [0.5, 0.6) is 0 Å². The molecule has 6 heteroatoms. The molecule has 0 radical (unpaired) electrons. The van der Waals surface area contributed by atoms with Crippen LogP contribution in [0.15, 0.2) is 12.4 Å². The summed E-state index contributed by atoms with van der Waals surface area (Å²) in [5.41, 5.74) is 1.50. The number of carbonyl (C=O) groups excluding carboxylic acids is 1. The lowest BCUT2D eigenvalue weighted by Gasteiger charge is -2.32. The molecule has 2 N–H and O–H groups in total. The zero-order chi connectivity index (χ0) is 17.2. The van der Waals surface area contributed by atoms with E-state index in [9.17, 15) is 4.79 Å². The fraction of sp³-hybridized carbons (Fsp3) is 0.789. The number of rotatable bonds is 6. The van der Waals surface area contributed by atoms with Crippen LogP contribution in [-0.4, -0.2) is 35.3 Å². The molecule has 1 saturated heterocycles. The summed E-state index contributed by atoms with van der Waals surface area (Å²) in [6, 6.07) is 0. The van der Waals surface area contributed by atoms with Crippen LogP contribution < -0.4 is 10.6 Å². The van der Waals surface area contributed by atoms with Gasteiger partial charge in [-0.1, -0.05) is 26.7 Å². The highest BCUT2D eigenvalue weighted by Crippen LogP contribution is 2.42. The Bertz CT molecular complexity index is 566. The molecule has 1 saturated carbocycles. The molecule has 25 heavy (non-hydrogen) atoms. The molecule has 1 aliphatic carbocycles. The maximum absolute atomic E-state index is 12.8. The predicted octanol–water partition coefficient (Wildman–Crippen LogP) is 2.87. The first kappa shape index (κ1) is 20.2. The van der Waals surface area contributed by atoms with Crippen molar-refractivity contribution in [1.29, 1.82) is 0 Å². The first-order chi connectivity index (χ1) is 11.5. The van der Waals surface area contributed by atoms with Gasteiger partial charge in [-0.15, -0.1) is 12.4 Å². The van der Waals surface area contributed by atoms with Crippen LogP contribution in [0.2, 0.25) is 0 Å². The van der Waals surface area contributed by atoms with Crippen LogP contribution in [0.1, 0.15) is 57.4 Å². The zero-order valence-electron chi connectivity index (χ0n) is 15.8. The molecule has 3 rings (SSSR count). The molecule has 1 amide bonds. The van der Waals surface area contributed by atoms with Gasteiger partial charge in [-0.3, -0.25) is 9.48 Å². The van der Waals surface area contributed by atoms with E-state index >= 15 is 0 Å². The van der Waals surface area contributed by atoms with Gasteiger partial charge in [-0.05, 0) is 36.2 Å². The molecule has 1 aromatic heterocycles. The fourth-order valence-electron chi connectivity index (χ4n) is 4.79. The number of hydrogen-bond acceptors (Lipinski definition) is 3. The third-order valence-electron chi connectivity index (χ3n) is 5.85. The number of carbonyl (C=O) groups is 1. The van der Waals surface area contributed by atoms with Crippen molar-refractivity contribution in [2.45, 2.75) is 51.9 Å². The van der Waals surface area contributed by atoms with Crippen molar-refractivity contribution in [1.82, 2.24) is 20.4 Å². The lowest BCUT2D eigenvalue weighted by atomic mass is 9.78. The topological polar surface area (TPSA) is 59.0 Å². The second-order valence-electron chi connectivity index (χ2n) is 8.34. The molecule has 5 nitrogen and oxygen atoms in total. The normalized spacial score (nSPS) is 25.1. The van der Waals surface area contributed by atoms with Crippen LogP contribution in [0.25, 0.3) is 0 Å².